The van der Waals surface area contributed by atoms with Crippen molar-refractivity contribution in [2.24, 2.45) is 7.05 Å². The van der Waals surface area contributed by atoms with E-state index < -0.39 is 0 Å². The zero-order chi connectivity index (χ0) is 14.8. The number of hydrogen-bond acceptors (Lipinski definition) is 7. The summed E-state index contributed by atoms with van der Waals surface area (Å²) in [6, 6.07) is 2.11. The normalized spacial score (nSPS) is 11.0. The second kappa shape index (κ2) is 5.65. The molecule has 0 fully saturated rings. The standard InChI is InChI=1S/C13H17N7S/c1-4-14-13-17-11(9-5-8(2)21-12(9)18-13)15-6-10-19-16-7-20(10)3/h5,7H,4,6H2,1-3H3,(H2,14,15,17,18). The number of nitrogens with zero attached hydrogens (tertiary/aromatic N) is 5. The molecule has 0 saturated heterocycles. The van der Waals surface area contributed by atoms with Crippen molar-refractivity contribution in [2.75, 3.05) is 17.2 Å². The van der Waals surface area contributed by atoms with Crippen molar-refractivity contribution < 1.29 is 0 Å². The molecular formula is C13H17N7S. The number of thiophene rings is 1. The van der Waals surface area contributed by atoms with Crippen LogP contribution in [0.3, 0.4) is 0 Å². The lowest BCUT2D eigenvalue weighted by Gasteiger charge is -2.08. The minimum absolute atomic E-state index is 0.572. The van der Waals surface area contributed by atoms with Gasteiger partial charge in [-0.2, -0.15) is 4.98 Å². The van der Waals surface area contributed by atoms with Gasteiger partial charge in [-0.05, 0) is 19.9 Å². The summed E-state index contributed by atoms with van der Waals surface area (Å²) >= 11 is 1.67. The molecule has 3 heterocycles. The van der Waals surface area contributed by atoms with E-state index in [9.17, 15) is 0 Å². The van der Waals surface area contributed by atoms with Crippen LogP contribution >= 0.6 is 11.3 Å². The van der Waals surface area contributed by atoms with Crippen molar-refractivity contribution in [3.05, 3.63) is 23.1 Å². The van der Waals surface area contributed by atoms with Gasteiger partial charge < -0.3 is 15.2 Å². The predicted octanol–water partition coefficient (Wildman–Crippen LogP) is 2.17. The predicted molar refractivity (Wildman–Crippen MR) is 84.6 cm³/mol. The van der Waals surface area contributed by atoms with E-state index in [1.807, 2.05) is 18.5 Å². The number of aromatic nitrogens is 5. The Morgan fingerprint density at radius 2 is 2.14 bits per heavy atom. The lowest BCUT2D eigenvalue weighted by Crippen LogP contribution is -2.09. The third-order valence-corrected chi connectivity index (χ3v) is 4.01. The van der Waals surface area contributed by atoms with Crippen LogP contribution in [0, 0.1) is 6.92 Å². The molecule has 2 N–H and O–H groups in total. The maximum Gasteiger partial charge on any atom is 0.226 e. The highest BCUT2D eigenvalue weighted by Crippen LogP contribution is 2.29. The molecule has 3 rings (SSSR count). The lowest BCUT2D eigenvalue weighted by atomic mass is 10.3. The molecular weight excluding hydrogens is 286 g/mol. The van der Waals surface area contributed by atoms with Crippen molar-refractivity contribution in [1.29, 1.82) is 0 Å². The van der Waals surface area contributed by atoms with E-state index in [0.717, 1.165) is 28.4 Å². The molecule has 0 aliphatic rings. The Kier molecular flexibility index (Phi) is 3.70. The molecule has 3 aromatic heterocycles. The average Bonchev–Trinajstić information content (AvgIpc) is 3.01. The van der Waals surface area contributed by atoms with Gasteiger partial charge in [-0.1, -0.05) is 0 Å². The van der Waals surface area contributed by atoms with E-state index >= 15 is 0 Å². The average molecular weight is 303 g/mol. The Morgan fingerprint density at radius 3 is 2.86 bits per heavy atom. The molecule has 0 bridgehead atoms. The van der Waals surface area contributed by atoms with E-state index in [1.54, 1.807) is 17.7 Å². The van der Waals surface area contributed by atoms with Crippen LogP contribution in [0.4, 0.5) is 11.8 Å². The largest absolute Gasteiger partial charge is 0.362 e. The Labute approximate surface area is 126 Å². The maximum absolute atomic E-state index is 4.55. The highest BCUT2D eigenvalue weighted by molar-refractivity contribution is 7.18. The van der Waals surface area contributed by atoms with Crippen LogP contribution in [0.1, 0.15) is 17.6 Å². The summed E-state index contributed by atoms with van der Waals surface area (Å²) < 4.78 is 1.88. The summed E-state index contributed by atoms with van der Waals surface area (Å²) in [5, 5.41) is 15.5. The summed E-state index contributed by atoms with van der Waals surface area (Å²) in [6.07, 6.45) is 1.69. The SMILES string of the molecule is CCNc1nc(NCc2nncn2C)c2cc(C)sc2n1. The van der Waals surface area contributed by atoms with Crippen LogP contribution in [-0.4, -0.2) is 31.3 Å². The lowest BCUT2D eigenvalue weighted by molar-refractivity contribution is 0.810. The molecule has 0 amide bonds. The van der Waals surface area contributed by atoms with Gasteiger partial charge in [0.1, 0.15) is 17.0 Å². The van der Waals surface area contributed by atoms with Gasteiger partial charge in [-0.25, -0.2) is 4.98 Å². The summed E-state index contributed by atoms with van der Waals surface area (Å²) in [5.41, 5.74) is 0. The molecule has 110 valence electrons. The molecule has 3 aromatic rings. The van der Waals surface area contributed by atoms with E-state index in [1.165, 1.54) is 4.88 Å². The summed E-state index contributed by atoms with van der Waals surface area (Å²) in [4.78, 5) is 11.3. The van der Waals surface area contributed by atoms with Crippen LogP contribution in [-0.2, 0) is 13.6 Å². The molecule has 0 atom stereocenters. The van der Waals surface area contributed by atoms with E-state index in [4.69, 9.17) is 0 Å². The van der Waals surface area contributed by atoms with Crippen LogP contribution in [0.15, 0.2) is 12.4 Å². The van der Waals surface area contributed by atoms with Crippen LogP contribution in [0.5, 0.6) is 0 Å². The number of nitrogens with one attached hydrogen (secondary N) is 2. The minimum atomic E-state index is 0.572. The molecule has 0 aromatic carbocycles. The summed E-state index contributed by atoms with van der Waals surface area (Å²) in [7, 11) is 1.92. The molecule has 0 unspecified atom stereocenters. The molecule has 0 aliphatic heterocycles. The van der Waals surface area contributed by atoms with E-state index in [-0.39, 0.29) is 0 Å². The first-order valence-electron chi connectivity index (χ1n) is 6.76. The molecule has 0 aliphatic carbocycles. The Balaban J connectivity index is 1.93. The number of rotatable bonds is 5. The van der Waals surface area contributed by atoms with Crippen LogP contribution in [0.2, 0.25) is 0 Å². The van der Waals surface area contributed by atoms with E-state index in [0.29, 0.717) is 12.5 Å². The molecule has 0 saturated carbocycles. The monoisotopic (exact) mass is 303 g/mol. The van der Waals surface area contributed by atoms with Crippen molar-refractivity contribution in [3.63, 3.8) is 0 Å². The zero-order valence-corrected chi connectivity index (χ0v) is 13.0. The smallest absolute Gasteiger partial charge is 0.226 e. The van der Waals surface area contributed by atoms with E-state index in [2.05, 4.69) is 43.8 Å². The van der Waals surface area contributed by atoms with Gasteiger partial charge in [0, 0.05) is 18.5 Å². The van der Waals surface area contributed by atoms with Crippen LogP contribution < -0.4 is 10.6 Å². The fourth-order valence-electron chi connectivity index (χ4n) is 2.04. The third kappa shape index (κ3) is 2.80. The van der Waals surface area contributed by atoms with Gasteiger partial charge in [0.15, 0.2) is 5.82 Å². The summed E-state index contributed by atoms with van der Waals surface area (Å²) in [5.74, 6) is 2.33. The van der Waals surface area contributed by atoms with Gasteiger partial charge >= 0.3 is 0 Å². The second-order valence-electron chi connectivity index (χ2n) is 4.71. The molecule has 8 heteroatoms. The maximum atomic E-state index is 4.55. The topological polar surface area (TPSA) is 80.5 Å². The van der Waals surface area contributed by atoms with Crippen molar-refractivity contribution in [2.45, 2.75) is 20.4 Å². The van der Waals surface area contributed by atoms with Gasteiger partial charge in [0.2, 0.25) is 5.95 Å². The number of hydrogen-bond donors (Lipinski definition) is 2. The van der Waals surface area contributed by atoms with Crippen molar-refractivity contribution >= 4 is 33.3 Å². The van der Waals surface area contributed by atoms with Crippen LogP contribution in [0.25, 0.3) is 10.2 Å². The van der Waals surface area contributed by atoms with Gasteiger partial charge in [-0.15, -0.1) is 21.5 Å². The molecule has 0 radical (unpaired) electrons. The number of fused-ring (bicyclic) bond motifs is 1. The van der Waals surface area contributed by atoms with Gasteiger partial charge in [-0.3, -0.25) is 0 Å². The zero-order valence-electron chi connectivity index (χ0n) is 12.2. The Hall–Kier alpha value is -2.22. The van der Waals surface area contributed by atoms with Gasteiger partial charge in [0.05, 0.1) is 11.9 Å². The molecule has 0 spiro atoms. The first-order chi connectivity index (χ1) is 10.2. The summed E-state index contributed by atoms with van der Waals surface area (Å²) in [6.45, 7) is 5.47. The van der Waals surface area contributed by atoms with Crippen molar-refractivity contribution in [3.8, 4) is 0 Å². The fourth-order valence-corrected chi connectivity index (χ4v) is 2.92. The second-order valence-corrected chi connectivity index (χ2v) is 5.95. The molecule has 21 heavy (non-hydrogen) atoms. The first-order valence-corrected chi connectivity index (χ1v) is 7.58. The Morgan fingerprint density at radius 1 is 1.29 bits per heavy atom. The quantitative estimate of drug-likeness (QED) is 0.752. The Bertz CT molecular complexity index is 761. The fraction of sp³-hybridized carbons (Fsp3) is 0.385. The number of aryl methyl sites for hydroxylation is 2. The minimum Gasteiger partial charge on any atom is -0.362 e. The highest BCUT2D eigenvalue weighted by atomic mass is 32.1. The number of anilines is 2. The third-order valence-electron chi connectivity index (χ3n) is 3.07. The molecule has 7 nitrogen and oxygen atoms in total. The highest BCUT2D eigenvalue weighted by Gasteiger charge is 2.11. The van der Waals surface area contributed by atoms with Gasteiger partial charge in [0.25, 0.3) is 0 Å². The first kappa shape index (κ1) is 13.7. The van der Waals surface area contributed by atoms with Crippen molar-refractivity contribution in [1.82, 2.24) is 24.7 Å².